The number of hydrogen-bond donors (Lipinski definition) is 3. The largest absolute Gasteiger partial charge is 0.471 e. The van der Waals surface area contributed by atoms with E-state index in [-0.39, 0.29) is 11.9 Å². The third-order valence-electron chi connectivity index (χ3n) is 7.31. The number of carbonyl (C=O) groups excluding carboxylic acids is 3. The van der Waals surface area contributed by atoms with E-state index in [1.807, 2.05) is 7.05 Å². The van der Waals surface area contributed by atoms with E-state index < -0.39 is 0 Å². The second-order valence-electron chi connectivity index (χ2n) is 9.97. The first-order chi connectivity index (χ1) is 18.6. The monoisotopic (exact) mass is 525 g/mol. The molecule has 3 fully saturated rings. The van der Waals surface area contributed by atoms with Gasteiger partial charge in [0.15, 0.2) is 11.9 Å². The third kappa shape index (κ3) is 9.56. The highest BCUT2D eigenvalue weighted by molar-refractivity contribution is 5.93. The van der Waals surface area contributed by atoms with Gasteiger partial charge in [0, 0.05) is 18.2 Å². The van der Waals surface area contributed by atoms with Crippen LogP contribution in [0, 0.1) is 18.8 Å². The van der Waals surface area contributed by atoms with Crippen LogP contribution in [0.5, 0.6) is 0 Å². The average molecular weight is 526 g/mol. The Balaban J connectivity index is 0.000000225. The van der Waals surface area contributed by atoms with Crippen LogP contribution in [0.25, 0.3) is 11.2 Å². The molecule has 0 aliphatic heterocycles. The molecule has 3 saturated carbocycles. The topological polar surface area (TPSA) is 126 Å². The van der Waals surface area contributed by atoms with Crippen LogP contribution in [-0.2, 0) is 14.3 Å². The zero-order valence-electron chi connectivity index (χ0n) is 22.8. The molecular weight excluding hydrogens is 482 g/mol. The zero-order valence-corrected chi connectivity index (χ0v) is 22.8. The van der Waals surface area contributed by atoms with E-state index in [4.69, 9.17) is 4.79 Å². The molecule has 9 heteroatoms. The van der Waals surface area contributed by atoms with Crippen LogP contribution in [-0.4, -0.2) is 59.9 Å². The highest BCUT2D eigenvalue weighted by atomic mass is 16.5. The number of aromatic nitrogens is 3. The Hall–Kier alpha value is -3.25. The number of nitrogens with zero attached hydrogens (tertiary/aromatic N) is 2. The first-order valence-corrected chi connectivity index (χ1v) is 13.7. The summed E-state index contributed by atoms with van der Waals surface area (Å²) in [6.07, 6.45) is 27.2. The maximum atomic E-state index is 12.4. The van der Waals surface area contributed by atoms with Gasteiger partial charge in [-0.1, -0.05) is 38.5 Å². The molecule has 208 valence electrons. The predicted octanol–water partition coefficient (Wildman–Crippen LogP) is 4.29. The number of carbonyl (C=O) groups is 3. The van der Waals surface area contributed by atoms with Crippen molar-refractivity contribution in [1.82, 2.24) is 25.6 Å². The van der Waals surface area contributed by atoms with Crippen LogP contribution in [0.4, 0.5) is 0 Å². The smallest absolute Gasteiger partial charge is 0.292 e. The van der Waals surface area contributed by atoms with Crippen molar-refractivity contribution < 1.29 is 19.1 Å². The van der Waals surface area contributed by atoms with Crippen molar-refractivity contribution >= 4 is 29.8 Å². The second-order valence-corrected chi connectivity index (χ2v) is 9.97. The maximum absolute atomic E-state index is 12.4. The molecule has 9 nitrogen and oxygen atoms in total. The standard InChI is InChI=1S/C15H28N2O.C10H9N3O.C2H4O2.C2H2/c1-16-14(12-8-4-2-5-9-12)15(18)17-13-10-6-3-7-11-13;14-5-7-3-11-10-9(7)13-8(4-12-10)6-1-2-6;1-4-2-3;1-2/h12-14,16H,2-11H2,1H3,(H,17,18);3-6H,1-2H2,(H,11,12);2H,1H3;1-2H. The number of H-pyrrole nitrogens is 1. The minimum atomic E-state index is 0.0345. The van der Waals surface area contributed by atoms with Gasteiger partial charge in [-0.3, -0.25) is 14.4 Å². The summed E-state index contributed by atoms with van der Waals surface area (Å²) < 4.78 is 3.86. The van der Waals surface area contributed by atoms with Gasteiger partial charge < -0.3 is 20.4 Å². The number of hydrogen-bond acceptors (Lipinski definition) is 7. The fraction of sp³-hybridized carbons (Fsp3) is 0.621. The van der Waals surface area contributed by atoms with Gasteiger partial charge in [0.05, 0.1) is 30.6 Å². The fourth-order valence-corrected chi connectivity index (χ4v) is 5.18. The van der Waals surface area contributed by atoms with Crippen molar-refractivity contribution in [3.63, 3.8) is 0 Å². The van der Waals surface area contributed by atoms with Crippen LogP contribution >= 0.6 is 0 Å². The summed E-state index contributed by atoms with van der Waals surface area (Å²) in [5.41, 5.74) is 3.00. The molecule has 1 amide bonds. The first-order valence-electron chi connectivity index (χ1n) is 13.7. The molecule has 3 aliphatic carbocycles. The minimum absolute atomic E-state index is 0.0345. The number of aldehydes is 1. The fourth-order valence-electron chi connectivity index (χ4n) is 5.18. The van der Waals surface area contributed by atoms with E-state index in [0.717, 1.165) is 12.0 Å². The van der Waals surface area contributed by atoms with Gasteiger partial charge in [-0.05, 0) is 51.5 Å². The number of ether oxygens (including phenoxy) is 1. The predicted molar refractivity (Wildman–Crippen MR) is 149 cm³/mol. The number of fused-ring (bicyclic) bond motifs is 1. The Morgan fingerprint density at radius 2 is 1.66 bits per heavy atom. The van der Waals surface area contributed by atoms with Crippen molar-refractivity contribution in [2.45, 2.75) is 95.1 Å². The molecule has 0 radical (unpaired) electrons. The summed E-state index contributed by atoms with van der Waals surface area (Å²) in [5, 5.41) is 6.51. The van der Waals surface area contributed by atoms with Gasteiger partial charge in [-0.15, -0.1) is 12.8 Å². The van der Waals surface area contributed by atoms with Crippen molar-refractivity contribution in [1.29, 1.82) is 0 Å². The molecule has 1 atom stereocenters. The Bertz CT molecular complexity index is 1000. The van der Waals surface area contributed by atoms with Crippen molar-refractivity contribution in [3.05, 3.63) is 23.7 Å². The normalized spacial score (nSPS) is 18.2. The summed E-state index contributed by atoms with van der Waals surface area (Å²) in [4.78, 5) is 43.6. The van der Waals surface area contributed by atoms with Gasteiger partial charge in [0.1, 0.15) is 5.52 Å². The number of terminal acetylenes is 1. The molecule has 0 saturated heterocycles. The molecule has 0 bridgehead atoms. The summed E-state index contributed by atoms with van der Waals surface area (Å²) in [7, 11) is 3.24. The lowest BCUT2D eigenvalue weighted by atomic mass is 9.83. The Kier molecular flexibility index (Phi) is 14.1. The molecule has 0 spiro atoms. The lowest BCUT2D eigenvalue weighted by Gasteiger charge is -2.31. The number of amides is 1. The average Bonchev–Trinajstić information content (AvgIpc) is 3.75. The van der Waals surface area contributed by atoms with E-state index in [0.29, 0.717) is 41.1 Å². The van der Waals surface area contributed by atoms with Gasteiger partial charge >= 0.3 is 0 Å². The van der Waals surface area contributed by atoms with E-state index in [2.05, 4.69) is 43.2 Å². The summed E-state index contributed by atoms with van der Waals surface area (Å²) >= 11 is 0. The lowest BCUT2D eigenvalue weighted by Crippen LogP contribution is -2.51. The molecule has 2 aromatic rings. The first kappa shape index (κ1) is 31.0. The molecule has 3 aliphatic rings. The number of likely N-dealkylation sites (N-methyl/N-ethyl adjacent to an activating group) is 1. The van der Waals surface area contributed by atoms with E-state index >= 15 is 0 Å². The molecule has 2 heterocycles. The highest BCUT2D eigenvalue weighted by Crippen LogP contribution is 2.39. The molecule has 0 aromatic carbocycles. The van der Waals surface area contributed by atoms with Crippen LogP contribution in [0.2, 0.25) is 0 Å². The van der Waals surface area contributed by atoms with Gasteiger partial charge in [-0.25, -0.2) is 9.97 Å². The van der Waals surface area contributed by atoms with Gasteiger partial charge in [-0.2, -0.15) is 0 Å². The Labute approximate surface area is 226 Å². The maximum Gasteiger partial charge on any atom is 0.292 e. The molecule has 1 unspecified atom stereocenters. The molecular formula is C29H43N5O4. The SMILES string of the molecule is C#C.CNC(C(=O)NC1CCCCC1)C1CCCCC1.COC=O.O=Cc1c[nH]c2ncc(C3CC3)nc12. The number of aromatic amines is 1. The van der Waals surface area contributed by atoms with Crippen molar-refractivity contribution in [3.8, 4) is 12.8 Å². The van der Waals surface area contributed by atoms with Gasteiger partial charge in [0.2, 0.25) is 5.91 Å². The minimum Gasteiger partial charge on any atom is -0.471 e. The highest BCUT2D eigenvalue weighted by Gasteiger charge is 2.29. The molecule has 2 aromatic heterocycles. The van der Waals surface area contributed by atoms with Crippen LogP contribution in [0.15, 0.2) is 12.4 Å². The molecule has 5 rings (SSSR count). The molecule has 38 heavy (non-hydrogen) atoms. The Morgan fingerprint density at radius 3 is 2.18 bits per heavy atom. The van der Waals surface area contributed by atoms with Crippen LogP contribution < -0.4 is 10.6 Å². The summed E-state index contributed by atoms with van der Waals surface area (Å²) in [5.74, 6) is 1.37. The Morgan fingerprint density at radius 1 is 1.05 bits per heavy atom. The number of rotatable bonds is 7. The zero-order chi connectivity index (χ0) is 27.8. The second kappa shape index (κ2) is 17.3. The van der Waals surface area contributed by atoms with Crippen LogP contribution in [0.3, 0.4) is 0 Å². The summed E-state index contributed by atoms with van der Waals surface area (Å²) in [6.45, 7) is 0.375. The lowest BCUT2D eigenvalue weighted by molar-refractivity contribution is -0.126. The van der Waals surface area contributed by atoms with E-state index in [1.54, 1.807) is 12.4 Å². The van der Waals surface area contributed by atoms with E-state index in [9.17, 15) is 9.59 Å². The van der Waals surface area contributed by atoms with E-state index in [1.165, 1.54) is 84.2 Å². The van der Waals surface area contributed by atoms with Crippen molar-refractivity contribution in [2.75, 3.05) is 14.2 Å². The quantitative estimate of drug-likeness (QED) is 0.364. The van der Waals surface area contributed by atoms with Gasteiger partial charge in [0.25, 0.3) is 6.47 Å². The third-order valence-corrected chi connectivity index (χ3v) is 7.31. The number of methoxy groups -OCH3 is 1. The molecule has 3 N–H and O–H groups in total. The summed E-state index contributed by atoms with van der Waals surface area (Å²) in [6, 6.07) is 0.470. The number of nitrogens with one attached hydrogen (secondary N) is 3. The van der Waals surface area contributed by atoms with Crippen molar-refractivity contribution in [2.24, 2.45) is 5.92 Å². The van der Waals surface area contributed by atoms with Crippen LogP contribution in [0.1, 0.15) is 99.0 Å².